The standard InChI is InChI=1S/C32H31ClN6O4/c33-23-8-10-25-27(13-17-36-28(25)20-23)35-14-5-3-1-2-4-6-18-39-31(42)24-9-7-22(19-26(24)32(39)43)30(41)38-37-29(40)21-11-15-34-16-12-21/h7-13,15-17,19-20,42-43H,1-6,14,18H2,(H,35,36). The molecule has 0 bridgehead atoms. The Morgan fingerprint density at radius 2 is 1.42 bits per heavy atom. The molecule has 0 unspecified atom stereocenters. The lowest BCUT2D eigenvalue weighted by Gasteiger charge is -2.10. The lowest BCUT2D eigenvalue weighted by atomic mass is 10.1. The Morgan fingerprint density at radius 1 is 0.744 bits per heavy atom. The van der Waals surface area contributed by atoms with Crippen LogP contribution in [0.15, 0.2) is 83.4 Å². The van der Waals surface area contributed by atoms with Gasteiger partial charge in [0, 0.05) is 69.7 Å². The van der Waals surface area contributed by atoms with Crippen LogP contribution in [0.4, 0.5) is 5.69 Å². The number of halogens is 1. The van der Waals surface area contributed by atoms with E-state index < -0.39 is 11.8 Å². The van der Waals surface area contributed by atoms with E-state index in [2.05, 4.69) is 25.5 Å². The van der Waals surface area contributed by atoms with Gasteiger partial charge >= 0.3 is 0 Å². The number of aromatic hydroxyl groups is 2. The summed E-state index contributed by atoms with van der Waals surface area (Å²) in [6.07, 6.45) is 10.7. The van der Waals surface area contributed by atoms with Gasteiger partial charge in [-0.2, -0.15) is 0 Å². The fourth-order valence-corrected chi connectivity index (χ4v) is 5.13. The highest BCUT2D eigenvalue weighted by molar-refractivity contribution is 6.31. The van der Waals surface area contributed by atoms with E-state index in [9.17, 15) is 19.8 Å². The first-order valence-corrected chi connectivity index (χ1v) is 14.5. The minimum atomic E-state index is -0.731. The maximum atomic E-state index is 12.5. The van der Waals surface area contributed by atoms with Crippen LogP contribution in [0.1, 0.15) is 59.2 Å². The summed E-state index contributed by atoms with van der Waals surface area (Å²) >= 11 is 6.07. The molecule has 0 saturated carbocycles. The Kier molecular flexibility index (Phi) is 9.58. The van der Waals surface area contributed by atoms with Gasteiger partial charge in [0.1, 0.15) is 0 Å². The van der Waals surface area contributed by atoms with Gasteiger partial charge in [-0.1, -0.05) is 37.3 Å². The number of pyridine rings is 2. The zero-order valence-corrected chi connectivity index (χ0v) is 24.2. The number of azo groups is 1. The molecule has 2 amide bonds. The number of hydrogen-bond acceptors (Lipinski definition) is 7. The van der Waals surface area contributed by atoms with Crippen molar-refractivity contribution in [2.45, 2.75) is 45.1 Å². The summed E-state index contributed by atoms with van der Waals surface area (Å²) in [7, 11) is 0. The highest BCUT2D eigenvalue weighted by Gasteiger charge is 2.18. The third kappa shape index (κ3) is 7.15. The minimum Gasteiger partial charge on any atom is -0.494 e. The van der Waals surface area contributed by atoms with Crippen LogP contribution in [0.2, 0.25) is 5.02 Å². The highest BCUT2D eigenvalue weighted by Crippen LogP contribution is 2.37. The molecule has 5 rings (SSSR count). The number of benzene rings is 2. The van der Waals surface area contributed by atoms with Crippen molar-refractivity contribution >= 4 is 50.8 Å². The van der Waals surface area contributed by atoms with Crippen molar-refractivity contribution in [3.8, 4) is 11.8 Å². The summed E-state index contributed by atoms with van der Waals surface area (Å²) in [5, 5.41) is 34.4. The molecular formula is C32H31ClN6O4. The smallest absolute Gasteiger partial charge is 0.295 e. The van der Waals surface area contributed by atoms with Gasteiger partial charge in [-0.05, 0) is 67.4 Å². The Hall–Kier alpha value is -4.83. The molecule has 0 spiro atoms. The maximum Gasteiger partial charge on any atom is 0.295 e. The molecule has 0 aliphatic carbocycles. The van der Waals surface area contributed by atoms with Crippen LogP contribution in [0.25, 0.3) is 21.7 Å². The van der Waals surface area contributed by atoms with Crippen molar-refractivity contribution < 1.29 is 19.8 Å². The largest absolute Gasteiger partial charge is 0.494 e. The number of carbonyl (C=O) groups is 2. The summed E-state index contributed by atoms with van der Waals surface area (Å²) < 4.78 is 1.45. The molecule has 0 aliphatic heterocycles. The van der Waals surface area contributed by atoms with Crippen LogP contribution in [0.5, 0.6) is 11.8 Å². The lowest BCUT2D eigenvalue weighted by molar-refractivity contribution is 0.0947. The number of aromatic nitrogens is 3. The summed E-state index contributed by atoms with van der Waals surface area (Å²) in [6, 6.07) is 15.1. The van der Waals surface area contributed by atoms with Crippen molar-refractivity contribution in [1.82, 2.24) is 14.5 Å². The second-order valence-corrected chi connectivity index (χ2v) is 10.6. The Balaban J connectivity index is 1.06. The van der Waals surface area contributed by atoms with E-state index in [0.29, 0.717) is 22.3 Å². The Labute approximate surface area is 253 Å². The topological polar surface area (TPSA) is 142 Å². The molecule has 0 radical (unpaired) electrons. The number of anilines is 1. The van der Waals surface area contributed by atoms with Crippen LogP contribution in [-0.2, 0) is 6.54 Å². The fraction of sp³-hybridized carbons (Fsp3) is 0.250. The van der Waals surface area contributed by atoms with Gasteiger partial charge in [0.05, 0.1) is 5.52 Å². The molecule has 5 aromatic rings. The van der Waals surface area contributed by atoms with E-state index in [-0.39, 0.29) is 22.9 Å². The van der Waals surface area contributed by atoms with E-state index in [1.807, 2.05) is 24.3 Å². The monoisotopic (exact) mass is 598 g/mol. The first-order valence-electron chi connectivity index (χ1n) is 14.1. The quantitative estimate of drug-likeness (QED) is 0.0994. The number of fused-ring (bicyclic) bond motifs is 2. The fourth-order valence-electron chi connectivity index (χ4n) is 4.96. The summed E-state index contributed by atoms with van der Waals surface area (Å²) in [5.74, 6) is -1.57. The molecule has 10 nitrogen and oxygen atoms in total. The van der Waals surface area contributed by atoms with E-state index >= 15 is 0 Å². The number of unbranched alkanes of at least 4 members (excludes halogenated alkanes) is 5. The summed E-state index contributed by atoms with van der Waals surface area (Å²) in [6.45, 7) is 1.31. The predicted molar refractivity (Wildman–Crippen MR) is 166 cm³/mol. The number of carbonyl (C=O) groups excluding carboxylic acids is 2. The molecule has 220 valence electrons. The molecule has 3 heterocycles. The van der Waals surface area contributed by atoms with Crippen molar-refractivity contribution in [1.29, 1.82) is 0 Å². The Bertz CT molecular complexity index is 1790. The first kappa shape index (κ1) is 29.7. The zero-order chi connectivity index (χ0) is 30.2. The van der Waals surface area contributed by atoms with E-state index in [0.717, 1.165) is 61.7 Å². The van der Waals surface area contributed by atoms with E-state index in [1.54, 1.807) is 12.3 Å². The van der Waals surface area contributed by atoms with Crippen LogP contribution in [0.3, 0.4) is 0 Å². The van der Waals surface area contributed by atoms with Gasteiger partial charge in [-0.25, -0.2) is 0 Å². The number of hydrogen-bond donors (Lipinski definition) is 3. The molecular weight excluding hydrogens is 568 g/mol. The molecule has 0 aliphatic rings. The van der Waals surface area contributed by atoms with E-state index in [4.69, 9.17) is 11.6 Å². The molecule has 2 aromatic carbocycles. The van der Waals surface area contributed by atoms with Crippen LogP contribution >= 0.6 is 11.6 Å². The zero-order valence-electron chi connectivity index (χ0n) is 23.4. The van der Waals surface area contributed by atoms with Gasteiger partial charge < -0.3 is 15.5 Å². The SMILES string of the molecule is O=C(N=NC(=O)c1ccc2c(O)n(CCCCCCCCNc3ccnc4cc(Cl)ccc34)c(O)c2c1)c1ccncc1. The number of rotatable bonds is 12. The number of nitrogens with one attached hydrogen (secondary N) is 1. The van der Waals surface area contributed by atoms with Gasteiger partial charge in [-0.15, -0.1) is 10.2 Å². The molecule has 3 aromatic heterocycles. The predicted octanol–water partition coefficient (Wildman–Crippen LogP) is 7.53. The van der Waals surface area contributed by atoms with Gasteiger partial charge in [0.15, 0.2) is 0 Å². The molecule has 0 saturated heterocycles. The van der Waals surface area contributed by atoms with Gasteiger partial charge in [-0.3, -0.25) is 24.1 Å². The van der Waals surface area contributed by atoms with Crippen molar-refractivity contribution in [2.24, 2.45) is 10.2 Å². The maximum absolute atomic E-state index is 12.5. The minimum absolute atomic E-state index is 0.0574. The molecule has 0 atom stereocenters. The molecule has 43 heavy (non-hydrogen) atoms. The first-order chi connectivity index (χ1) is 20.9. The summed E-state index contributed by atoms with van der Waals surface area (Å²) in [4.78, 5) is 32.8. The molecule has 0 fully saturated rings. The van der Waals surface area contributed by atoms with Crippen molar-refractivity contribution in [3.05, 3.63) is 89.3 Å². The second-order valence-electron chi connectivity index (χ2n) is 10.2. The molecule has 11 heteroatoms. The van der Waals surface area contributed by atoms with Gasteiger partial charge in [0.25, 0.3) is 11.8 Å². The van der Waals surface area contributed by atoms with Crippen LogP contribution in [-0.4, -0.2) is 43.1 Å². The average Bonchev–Trinajstić information content (AvgIpc) is 3.27. The second kappa shape index (κ2) is 13.9. The van der Waals surface area contributed by atoms with E-state index in [1.165, 1.54) is 41.2 Å². The average molecular weight is 599 g/mol. The van der Waals surface area contributed by atoms with Crippen molar-refractivity contribution in [2.75, 3.05) is 11.9 Å². The third-order valence-corrected chi connectivity index (χ3v) is 7.48. The molecule has 3 N–H and O–H groups in total. The Morgan fingerprint density at radius 3 is 2.21 bits per heavy atom. The number of amides is 2. The van der Waals surface area contributed by atoms with Crippen LogP contribution in [0, 0.1) is 0 Å². The van der Waals surface area contributed by atoms with Crippen molar-refractivity contribution in [3.63, 3.8) is 0 Å². The number of nitrogens with zero attached hydrogens (tertiary/aromatic N) is 5. The highest BCUT2D eigenvalue weighted by atomic mass is 35.5. The normalized spacial score (nSPS) is 11.5. The van der Waals surface area contributed by atoms with Gasteiger partial charge in [0.2, 0.25) is 11.8 Å². The van der Waals surface area contributed by atoms with Crippen LogP contribution < -0.4 is 5.32 Å². The summed E-state index contributed by atoms with van der Waals surface area (Å²) in [5.41, 5.74) is 2.33. The third-order valence-electron chi connectivity index (χ3n) is 7.25. The lowest BCUT2D eigenvalue weighted by Crippen LogP contribution is -2.02.